The quantitative estimate of drug-likeness (QED) is 0.841. The van der Waals surface area contributed by atoms with Crippen molar-refractivity contribution in [3.05, 3.63) is 42.2 Å². The van der Waals surface area contributed by atoms with Gasteiger partial charge in [0.2, 0.25) is 0 Å². The third-order valence-corrected chi connectivity index (χ3v) is 4.43. The highest BCUT2D eigenvalue weighted by Gasteiger charge is 2.24. The van der Waals surface area contributed by atoms with Gasteiger partial charge in [-0.05, 0) is 12.1 Å². The normalized spacial score (nSPS) is 11.0. The number of rotatable bonds is 3. The minimum atomic E-state index is -3.70. The number of hydrogen-bond acceptors (Lipinski definition) is 4. The van der Waals surface area contributed by atoms with Crippen molar-refractivity contribution in [2.45, 2.75) is 4.90 Å². The number of aryl methyl sites for hydroxylation is 1. The monoisotopic (exact) mass is 276 g/mol. The van der Waals surface area contributed by atoms with E-state index in [1.54, 1.807) is 31.3 Å². The smallest absolute Gasteiger partial charge is 0.267 e. The van der Waals surface area contributed by atoms with Gasteiger partial charge in [-0.15, -0.1) is 0 Å². The summed E-state index contributed by atoms with van der Waals surface area (Å²) < 4.78 is 27.3. The van der Waals surface area contributed by atoms with Crippen molar-refractivity contribution in [2.75, 3.05) is 11.4 Å². The van der Waals surface area contributed by atoms with Gasteiger partial charge in [0, 0.05) is 20.3 Å². The standard InChI is InChI=1S/C12H12N4O2S/c1-15-9-11(8-14-15)19(17,18)16(2)12-6-4-3-5-10(12)7-13/h3-6,8-9H,1-2H3. The van der Waals surface area contributed by atoms with E-state index in [4.69, 9.17) is 5.26 Å². The van der Waals surface area contributed by atoms with Crippen molar-refractivity contribution in [1.29, 1.82) is 5.26 Å². The Bertz CT molecular complexity index is 743. The molecule has 0 N–H and O–H groups in total. The Morgan fingerprint density at radius 3 is 2.63 bits per heavy atom. The summed E-state index contributed by atoms with van der Waals surface area (Å²) in [4.78, 5) is 0.0882. The molecule has 98 valence electrons. The Labute approximate surface area is 111 Å². The van der Waals surface area contributed by atoms with Crippen LogP contribution in [0.1, 0.15) is 5.56 Å². The molecule has 19 heavy (non-hydrogen) atoms. The molecule has 0 amide bonds. The molecule has 0 spiro atoms. The van der Waals surface area contributed by atoms with Crippen LogP contribution in [0.3, 0.4) is 0 Å². The Hall–Kier alpha value is -2.33. The SMILES string of the molecule is CN(c1ccccc1C#N)S(=O)(=O)c1cnn(C)c1. The van der Waals surface area contributed by atoms with Gasteiger partial charge in [0.1, 0.15) is 11.0 Å². The topological polar surface area (TPSA) is 79.0 Å². The van der Waals surface area contributed by atoms with Gasteiger partial charge >= 0.3 is 0 Å². The van der Waals surface area contributed by atoms with Crippen LogP contribution in [-0.2, 0) is 17.1 Å². The summed E-state index contributed by atoms with van der Waals surface area (Å²) in [7, 11) is -0.649. The number of hydrogen-bond donors (Lipinski definition) is 0. The molecule has 7 heteroatoms. The lowest BCUT2D eigenvalue weighted by molar-refractivity contribution is 0.594. The molecule has 0 atom stereocenters. The second-order valence-corrected chi connectivity index (χ2v) is 5.92. The van der Waals surface area contributed by atoms with Crippen LogP contribution in [0.4, 0.5) is 5.69 Å². The predicted octanol–water partition coefficient (Wildman–Crippen LogP) is 1.12. The fourth-order valence-corrected chi connectivity index (χ4v) is 2.86. The first-order valence-electron chi connectivity index (χ1n) is 5.43. The zero-order valence-corrected chi connectivity index (χ0v) is 11.3. The fourth-order valence-electron chi connectivity index (χ4n) is 1.66. The Kier molecular flexibility index (Phi) is 3.27. The summed E-state index contributed by atoms with van der Waals surface area (Å²) in [5.41, 5.74) is 0.645. The van der Waals surface area contributed by atoms with Gasteiger partial charge < -0.3 is 0 Å². The molecule has 0 saturated carbocycles. The molecule has 1 aromatic carbocycles. The van der Waals surface area contributed by atoms with Crippen molar-refractivity contribution >= 4 is 15.7 Å². The molecular weight excluding hydrogens is 264 g/mol. The number of benzene rings is 1. The van der Waals surface area contributed by atoms with Crippen LogP contribution in [0.15, 0.2) is 41.6 Å². The lowest BCUT2D eigenvalue weighted by atomic mass is 10.2. The van der Waals surface area contributed by atoms with Gasteiger partial charge in [-0.3, -0.25) is 8.99 Å². The minimum absolute atomic E-state index is 0.0882. The van der Waals surface area contributed by atoms with Crippen LogP contribution in [-0.4, -0.2) is 25.2 Å². The lowest BCUT2D eigenvalue weighted by Gasteiger charge is -2.19. The van der Waals surface area contributed by atoms with Gasteiger partial charge in [-0.2, -0.15) is 10.4 Å². The molecular formula is C12H12N4O2S. The lowest BCUT2D eigenvalue weighted by Crippen LogP contribution is -2.27. The zero-order chi connectivity index (χ0) is 14.0. The van der Waals surface area contributed by atoms with Crippen LogP contribution in [0.25, 0.3) is 0 Å². The highest BCUT2D eigenvalue weighted by Crippen LogP contribution is 2.24. The van der Waals surface area contributed by atoms with Gasteiger partial charge in [0.25, 0.3) is 10.0 Å². The molecule has 0 aliphatic heterocycles. The summed E-state index contributed by atoms with van der Waals surface area (Å²) in [6, 6.07) is 8.52. The molecule has 6 nitrogen and oxygen atoms in total. The second-order valence-electron chi connectivity index (χ2n) is 3.95. The average Bonchev–Trinajstić information content (AvgIpc) is 2.85. The molecule has 0 unspecified atom stereocenters. The molecule has 0 radical (unpaired) electrons. The van der Waals surface area contributed by atoms with Gasteiger partial charge in [-0.25, -0.2) is 8.42 Å². The maximum atomic E-state index is 12.4. The summed E-state index contributed by atoms with van der Waals surface area (Å²) in [5.74, 6) is 0. The molecule has 0 saturated heterocycles. The van der Waals surface area contributed by atoms with Crippen LogP contribution in [0.2, 0.25) is 0 Å². The first-order valence-corrected chi connectivity index (χ1v) is 6.87. The van der Waals surface area contributed by atoms with E-state index >= 15 is 0 Å². The number of sulfonamides is 1. The number of anilines is 1. The Morgan fingerprint density at radius 2 is 2.05 bits per heavy atom. The van der Waals surface area contributed by atoms with E-state index in [9.17, 15) is 8.42 Å². The molecule has 0 fully saturated rings. The highest BCUT2D eigenvalue weighted by atomic mass is 32.2. The van der Waals surface area contributed by atoms with Gasteiger partial charge in [0.05, 0.1) is 17.4 Å². The molecule has 2 aromatic rings. The summed E-state index contributed by atoms with van der Waals surface area (Å²) >= 11 is 0. The van der Waals surface area contributed by atoms with Crippen molar-refractivity contribution in [3.63, 3.8) is 0 Å². The Balaban J connectivity index is 2.50. The van der Waals surface area contributed by atoms with E-state index in [1.165, 1.54) is 24.1 Å². The summed E-state index contributed by atoms with van der Waals surface area (Å²) in [6.07, 6.45) is 2.70. The van der Waals surface area contributed by atoms with Crippen LogP contribution >= 0.6 is 0 Å². The maximum Gasteiger partial charge on any atom is 0.267 e. The molecule has 1 heterocycles. The first kappa shape index (κ1) is 13.1. The van der Waals surface area contributed by atoms with Crippen molar-refractivity contribution in [2.24, 2.45) is 7.05 Å². The van der Waals surface area contributed by atoms with Crippen LogP contribution in [0, 0.1) is 11.3 Å². The van der Waals surface area contributed by atoms with Crippen LogP contribution < -0.4 is 4.31 Å². The largest absolute Gasteiger partial charge is 0.274 e. The molecule has 0 bridgehead atoms. The summed E-state index contributed by atoms with van der Waals surface area (Å²) in [6.45, 7) is 0. The van der Waals surface area contributed by atoms with Gasteiger partial charge in [-0.1, -0.05) is 12.1 Å². The molecule has 0 aliphatic rings. The molecule has 0 aliphatic carbocycles. The number of nitriles is 1. The second kappa shape index (κ2) is 4.74. The minimum Gasteiger partial charge on any atom is -0.274 e. The third kappa shape index (κ3) is 2.30. The van der Waals surface area contributed by atoms with E-state index in [2.05, 4.69) is 5.10 Å². The van der Waals surface area contributed by atoms with E-state index < -0.39 is 10.0 Å². The maximum absolute atomic E-state index is 12.4. The fraction of sp³-hybridized carbons (Fsp3) is 0.167. The number of nitrogens with zero attached hydrogens (tertiary/aromatic N) is 4. The zero-order valence-electron chi connectivity index (χ0n) is 10.5. The predicted molar refractivity (Wildman–Crippen MR) is 70.0 cm³/mol. The van der Waals surface area contributed by atoms with Crippen molar-refractivity contribution < 1.29 is 8.42 Å². The Morgan fingerprint density at radius 1 is 1.37 bits per heavy atom. The highest BCUT2D eigenvalue weighted by molar-refractivity contribution is 7.92. The van der Waals surface area contributed by atoms with E-state index in [1.807, 2.05) is 6.07 Å². The molecule has 2 rings (SSSR count). The van der Waals surface area contributed by atoms with E-state index in [-0.39, 0.29) is 4.90 Å². The summed E-state index contributed by atoms with van der Waals surface area (Å²) in [5, 5.41) is 12.9. The number of para-hydroxylation sites is 1. The first-order chi connectivity index (χ1) is 8.96. The van der Waals surface area contributed by atoms with E-state index in [0.29, 0.717) is 11.3 Å². The average molecular weight is 276 g/mol. The number of aromatic nitrogens is 2. The van der Waals surface area contributed by atoms with E-state index in [0.717, 1.165) is 4.31 Å². The molecule has 1 aromatic heterocycles. The van der Waals surface area contributed by atoms with Crippen LogP contribution in [0.5, 0.6) is 0 Å². The van der Waals surface area contributed by atoms with Crippen molar-refractivity contribution in [1.82, 2.24) is 9.78 Å². The van der Waals surface area contributed by atoms with Gasteiger partial charge in [0.15, 0.2) is 0 Å². The van der Waals surface area contributed by atoms with Crippen molar-refractivity contribution in [3.8, 4) is 6.07 Å². The third-order valence-electron chi connectivity index (χ3n) is 2.70.